The predicted octanol–water partition coefficient (Wildman–Crippen LogP) is 2.72. The SMILES string of the molecule is CCc1ccc(N2C[C@@H](C(=O)OCc3cc(=O)n4c(C)csc4n3)CC2=O)cc1. The Balaban J connectivity index is 1.41. The number of hydrogen-bond acceptors (Lipinski definition) is 6. The first kappa shape index (κ1) is 19.3. The van der Waals surface area contributed by atoms with Crippen molar-refractivity contribution in [3.05, 3.63) is 63.0 Å². The summed E-state index contributed by atoms with van der Waals surface area (Å²) in [7, 11) is 0. The lowest BCUT2D eigenvalue weighted by atomic mass is 10.1. The minimum Gasteiger partial charge on any atom is -0.459 e. The lowest BCUT2D eigenvalue weighted by Gasteiger charge is -2.17. The van der Waals surface area contributed by atoms with Gasteiger partial charge in [-0.15, -0.1) is 11.3 Å². The van der Waals surface area contributed by atoms with Gasteiger partial charge in [-0.3, -0.25) is 18.8 Å². The van der Waals surface area contributed by atoms with Crippen LogP contribution in [0.25, 0.3) is 4.96 Å². The average Bonchev–Trinajstić information content (AvgIpc) is 3.29. The summed E-state index contributed by atoms with van der Waals surface area (Å²) in [4.78, 5) is 43.6. The third-order valence-corrected chi connectivity index (χ3v) is 6.05. The Morgan fingerprint density at radius 2 is 2.03 bits per heavy atom. The van der Waals surface area contributed by atoms with Gasteiger partial charge in [-0.2, -0.15) is 0 Å². The maximum Gasteiger partial charge on any atom is 0.311 e. The Morgan fingerprint density at radius 1 is 1.28 bits per heavy atom. The summed E-state index contributed by atoms with van der Waals surface area (Å²) in [6, 6.07) is 9.16. The van der Waals surface area contributed by atoms with Crippen molar-refractivity contribution in [2.24, 2.45) is 5.92 Å². The molecule has 29 heavy (non-hydrogen) atoms. The van der Waals surface area contributed by atoms with E-state index in [9.17, 15) is 14.4 Å². The molecule has 0 bridgehead atoms. The van der Waals surface area contributed by atoms with E-state index in [1.807, 2.05) is 36.6 Å². The highest BCUT2D eigenvalue weighted by Gasteiger charge is 2.36. The summed E-state index contributed by atoms with van der Waals surface area (Å²) in [5, 5.41) is 1.85. The number of carbonyl (C=O) groups is 2. The first-order valence-electron chi connectivity index (χ1n) is 9.49. The second-order valence-corrected chi connectivity index (χ2v) is 7.95. The minimum absolute atomic E-state index is 0.0859. The molecule has 0 aliphatic carbocycles. The van der Waals surface area contributed by atoms with Crippen LogP contribution < -0.4 is 10.5 Å². The number of fused-ring (bicyclic) bond motifs is 1. The smallest absolute Gasteiger partial charge is 0.311 e. The summed E-state index contributed by atoms with van der Waals surface area (Å²) >= 11 is 1.36. The van der Waals surface area contributed by atoms with Gasteiger partial charge in [0, 0.05) is 35.8 Å². The van der Waals surface area contributed by atoms with E-state index < -0.39 is 11.9 Å². The first-order chi connectivity index (χ1) is 14.0. The number of aromatic nitrogens is 2. The zero-order chi connectivity index (χ0) is 20.5. The van der Waals surface area contributed by atoms with Crippen LogP contribution in [-0.2, 0) is 27.4 Å². The normalized spacial score (nSPS) is 16.6. The number of thiazole rings is 1. The minimum atomic E-state index is -0.526. The summed E-state index contributed by atoms with van der Waals surface area (Å²) in [6.07, 6.45) is 1.05. The molecule has 0 saturated carbocycles. The maximum atomic E-state index is 12.5. The topological polar surface area (TPSA) is 81.0 Å². The molecule has 1 saturated heterocycles. The van der Waals surface area contributed by atoms with E-state index in [4.69, 9.17) is 4.74 Å². The third kappa shape index (κ3) is 3.80. The van der Waals surface area contributed by atoms with Gasteiger partial charge < -0.3 is 9.64 Å². The Hall–Kier alpha value is -3.00. The van der Waals surface area contributed by atoms with Crippen molar-refractivity contribution in [1.29, 1.82) is 0 Å². The number of esters is 1. The molecule has 3 aromatic rings. The molecule has 0 spiro atoms. The number of ether oxygens (including phenoxy) is 1. The number of aryl methyl sites for hydroxylation is 2. The van der Waals surface area contributed by atoms with Crippen LogP contribution in [0.4, 0.5) is 5.69 Å². The molecule has 1 amide bonds. The molecule has 7 nitrogen and oxygen atoms in total. The highest BCUT2D eigenvalue weighted by molar-refractivity contribution is 7.15. The summed E-state index contributed by atoms with van der Waals surface area (Å²) in [5.74, 6) is -1.07. The monoisotopic (exact) mass is 411 g/mol. The lowest BCUT2D eigenvalue weighted by molar-refractivity contribution is -0.149. The van der Waals surface area contributed by atoms with E-state index in [1.165, 1.54) is 27.4 Å². The second-order valence-electron chi connectivity index (χ2n) is 7.11. The van der Waals surface area contributed by atoms with Crippen molar-refractivity contribution in [2.75, 3.05) is 11.4 Å². The number of carbonyl (C=O) groups excluding carboxylic acids is 2. The molecule has 1 aliphatic rings. The van der Waals surface area contributed by atoms with Crippen LogP contribution >= 0.6 is 11.3 Å². The summed E-state index contributed by atoms with van der Waals surface area (Å²) in [6.45, 7) is 4.12. The van der Waals surface area contributed by atoms with Crippen LogP contribution in [0.1, 0.15) is 30.3 Å². The van der Waals surface area contributed by atoms with Gasteiger partial charge in [-0.25, -0.2) is 4.98 Å². The van der Waals surface area contributed by atoms with Crippen LogP contribution in [0, 0.1) is 12.8 Å². The molecule has 4 rings (SSSR count). The van der Waals surface area contributed by atoms with E-state index in [1.54, 1.807) is 4.90 Å². The van der Waals surface area contributed by atoms with Crippen LogP contribution in [0.2, 0.25) is 0 Å². The van der Waals surface area contributed by atoms with Crippen molar-refractivity contribution in [1.82, 2.24) is 9.38 Å². The molecular formula is C21H21N3O4S. The zero-order valence-electron chi connectivity index (χ0n) is 16.3. The molecule has 2 aromatic heterocycles. The van der Waals surface area contributed by atoms with Crippen molar-refractivity contribution in [3.63, 3.8) is 0 Å². The van der Waals surface area contributed by atoms with Gasteiger partial charge in [0.05, 0.1) is 11.6 Å². The number of hydrogen-bond donors (Lipinski definition) is 0. The standard InChI is InChI=1S/C21H21N3O4S/c1-3-14-4-6-17(7-5-14)23-10-15(8-18(23)25)20(27)28-11-16-9-19(26)24-13(2)12-29-21(24)22-16/h4-7,9,12,15H,3,8,10-11H2,1-2H3/t15-/m0/s1. The van der Waals surface area contributed by atoms with Gasteiger partial charge in [0.25, 0.3) is 5.56 Å². The largest absolute Gasteiger partial charge is 0.459 e. The average molecular weight is 411 g/mol. The molecular weight excluding hydrogens is 390 g/mol. The van der Waals surface area contributed by atoms with Crippen LogP contribution in [0.5, 0.6) is 0 Å². The van der Waals surface area contributed by atoms with E-state index in [0.717, 1.165) is 17.8 Å². The van der Waals surface area contributed by atoms with Gasteiger partial charge >= 0.3 is 5.97 Å². The van der Waals surface area contributed by atoms with Crippen LogP contribution in [-0.4, -0.2) is 27.8 Å². The number of amides is 1. The Kier molecular flexibility index (Phi) is 5.19. The highest BCUT2D eigenvalue weighted by atomic mass is 32.1. The molecule has 3 heterocycles. The van der Waals surface area contributed by atoms with E-state index in [0.29, 0.717) is 17.2 Å². The first-order valence-corrected chi connectivity index (χ1v) is 10.4. The molecule has 1 aliphatic heterocycles. The van der Waals surface area contributed by atoms with Gasteiger partial charge in [0.15, 0.2) is 4.96 Å². The summed E-state index contributed by atoms with van der Waals surface area (Å²) < 4.78 is 6.89. The number of anilines is 1. The van der Waals surface area contributed by atoms with Crippen molar-refractivity contribution in [2.45, 2.75) is 33.3 Å². The molecule has 0 N–H and O–H groups in total. The van der Waals surface area contributed by atoms with Crippen LogP contribution in [0.3, 0.4) is 0 Å². The number of benzene rings is 1. The van der Waals surface area contributed by atoms with Gasteiger partial charge in [-0.1, -0.05) is 19.1 Å². The molecule has 1 atom stereocenters. The molecule has 1 fully saturated rings. The predicted molar refractivity (Wildman–Crippen MR) is 110 cm³/mol. The Bertz CT molecular complexity index is 1130. The lowest BCUT2D eigenvalue weighted by Crippen LogP contribution is -2.26. The number of rotatable bonds is 5. The van der Waals surface area contributed by atoms with Crippen molar-refractivity contribution >= 4 is 33.9 Å². The van der Waals surface area contributed by atoms with Gasteiger partial charge in [0.1, 0.15) is 6.61 Å². The maximum absolute atomic E-state index is 12.5. The molecule has 8 heteroatoms. The molecule has 150 valence electrons. The van der Waals surface area contributed by atoms with E-state index in [2.05, 4.69) is 11.9 Å². The number of nitrogens with zero attached hydrogens (tertiary/aromatic N) is 3. The fourth-order valence-electron chi connectivity index (χ4n) is 3.46. The quantitative estimate of drug-likeness (QED) is 0.603. The fourth-order valence-corrected chi connectivity index (χ4v) is 4.36. The fraction of sp³-hybridized carbons (Fsp3) is 0.333. The second kappa shape index (κ2) is 7.79. The highest BCUT2D eigenvalue weighted by Crippen LogP contribution is 2.26. The van der Waals surface area contributed by atoms with Gasteiger partial charge in [-0.05, 0) is 31.0 Å². The Labute approximate surface area is 171 Å². The summed E-state index contributed by atoms with van der Waals surface area (Å²) in [5.41, 5.74) is 3.01. The van der Waals surface area contributed by atoms with Crippen LogP contribution in [0.15, 0.2) is 40.5 Å². The zero-order valence-corrected chi connectivity index (χ0v) is 17.1. The van der Waals surface area contributed by atoms with Crippen molar-refractivity contribution in [3.8, 4) is 0 Å². The molecule has 0 unspecified atom stereocenters. The van der Waals surface area contributed by atoms with Gasteiger partial charge in [0.2, 0.25) is 5.91 Å². The Morgan fingerprint density at radius 3 is 2.76 bits per heavy atom. The van der Waals surface area contributed by atoms with E-state index >= 15 is 0 Å². The third-order valence-electron chi connectivity index (χ3n) is 5.11. The molecule has 1 aromatic carbocycles. The van der Waals surface area contributed by atoms with E-state index in [-0.39, 0.29) is 24.5 Å². The molecule has 0 radical (unpaired) electrons. The van der Waals surface area contributed by atoms with Crippen molar-refractivity contribution < 1.29 is 14.3 Å².